The average molecular weight is 458 g/mol. The van der Waals surface area contributed by atoms with E-state index in [1.807, 2.05) is 6.92 Å². The van der Waals surface area contributed by atoms with E-state index in [-0.39, 0.29) is 11.7 Å². The minimum absolute atomic E-state index is 0.140. The van der Waals surface area contributed by atoms with Gasteiger partial charge >= 0.3 is 0 Å². The highest BCUT2D eigenvalue weighted by atomic mass is 79.9. The number of aromatic nitrogens is 1. The second-order valence-electron chi connectivity index (χ2n) is 6.29. The van der Waals surface area contributed by atoms with E-state index in [1.165, 1.54) is 0 Å². The first-order valence-corrected chi connectivity index (χ1v) is 9.55. The monoisotopic (exact) mass is 456 g/mol. The van der Waals surface area contributed by atoms with Gasteiger partial charge in [0.2, 0.25) is 5.89 Å². The number of aromatic hydroxyl groups is 1. The topological polar surface area (TPSA) is 75.4 Å². The minimum atomic E-state index is -0.257. The van der Waals surface area contributed by atoms with Crippen molar-refractivity contribution < 1.29 is 14.3 Å². The molecule has 0 unspecified atom stereocenters. The smallest absolute Gasteiger partial charge is 0.255 e. The lowest BCUT2D eigenvalue weighted by atomic mass is 10.1. The second-order valence-corrected chi connectivity index (χ2v) is 7.55. The number of oxazole rings is 1. The van der Waals surface area contributed by atoms with Crippen LogP contribution >= 0.6 is 27.5 Å². The molecule has 0 atom stereocenters. The van der Waals surface area contributed by atoms with Crippen molar-refractivity contribution in [1.29, 1.82) is 0 Å². The highest BCUT2D eigenvalue weighted by Gasteiger charge is 2.12. The summed E-state index contributed by atoms with van der Waals surface area (Å²) in [5.41, 5.74) is 3.91. The summed E-state index contributed by atoms with van der Waals surface area (Å²) < 4.78 is 6.33. The van der Waals surface area contributed by atoms with E-state index >= 15 is 0 Å². The van der Waals surface area contributed by atoms with Gasteiger partial charge in [-0.2, -0.15) is 0 Å². The number of aryl methyl sites for hydroxylation is 1. The molecule has 1 amide bonds. The van der Waals surface area contributed by atoms with Crippen molar-refractivity contribution in [2.24, 2.45) is 0 Å². The predicted octanol–water partition coefficient (Wildman–Crippen LogP) is 6.18. The Kier molecular flexibility index (Phi) is 4.83. The lowest BCUT2D eigenvalue weighted by Gasteiger charge is -2.06. The molecule has 1 aromatic heterocycles. The molecule has 0 aliphatic rings. The molecule has 1 heterocycles. The number of benzene rings is 3. The number of phenols is 1. The molecule has 0 fully saturated rings. The first-order chi connectivity index (χ1) is 13.4. The van der Waals surface area contributed by atoms with Crippen LogP contribution in [0.2, 0.25) is 5.02 Å². The Morgan fingerprint density at radius 2 is 1.96 bits per heavy atom. The van der Waals surface area contributed by atoms with Gasteiger partial charge in [-0.25, -0.2) is 4.98 Å². The molecule has 28 heavy (non-hydrogen) atoms. The SMILES string of the molecule is Cc1ccc(C(=O)Nc2ccc3oc(-c4ccc(O)c(Br)c4)nc3c2)cc1Cl. The van der Waals surface area contributed by atoms with Gasteiger partial charge in [-0.05, 0) is 76.9 Å². The highest BCUT2D eigenvalue weighted by molar-refractivity contribution is 9.10. The Balaban J connectivity index is 1.61. The molecule has 0 spiro atoms. The average Bonchev–Trinajstić information content (AvgIpc) is 3.09. The van der Waals surface area contributed by atoms with Crippen molar-refractivity contribution >= 4 is 50.2 Å². The standard InChI is InChI=1S/C21H14BrClN2O3/c1-11-2-3-12(9-16(11)23)20(27)24-14-5-7-19-17(10-14)25-21(28-19)13-4-6-18(26)15(22)8-13/h2-10,26H,1H3,(H,24,27). The van der Waals surface area contributed by atoms with Crippen LogP contribution in [0, 0.1) is 6.92 Å². The summed E-state index contributed by atoms with van der Waals surface area (Å²) in [5.74, 6) is 0.304. The lowest BCUT2D eigenvalue weighted by molar-refractivity contribution is 0.102. The third-order valence-corrected chi connectivity index (χ3v) is 5.32. The van der Waals surface area contributed by atoms with Crippen LogP contribution in [0.25, 0.3) is 22.6 Å². The van der Waals surface area contributed by atoms with Gasteiger partial charge in [-0.1, -0.05) is 17.7 Å². The molecule has 0 saturated carbocycles. The van der Waals surface area contributed by atoms with Gasteiger partial charge in [0.1, 0.15) is 11.3 Å². The molecule has 4 aromatic rings. The zero-order valence-corrected chi connectivity index (χ0v) is 17.0. The van der Waals surface area contributed by atoms with Crippen LogP contribution in [0.3, 0.4) is 0 Å². The summed E-state index contributed by atoms with van der Waals surface area (Å²) in [6.45, 7) is 1.88. The lowest BCUT2D eigenvalue weighted by Crippen LogP contribution is -2.11. The largest absolute Gasteiger partial charge is 0.507 e. The molecule has 0 aliphatic carbocycles. The van der Waals surface area contributed by atoms with Crippen molar-refractivity contribution in [3.05, 3.63) is 75.2 Å². The van der Waals surface area contributed by atoms with E-state index in [0.717, 1.165) is 11.1 Å². The Morgan fingerprint density at radius 3 is 2.71 bits per heavy atom. The number of fused-ring (bicyclic) bond motifs is 1. The van der Waals surface area contributed by atoms with Crippen molar-refractivity contribution in [2.45, 2.75) is 6.92 Å². The first kappa shape index (κ1) is 18.5. The maximum Gasteiger partial charge on any atom is 0.255 e. The summed E-state index contributed by atoms with van der Waals surface area (Å²) in [4.78, 5) is 16.9. The van der Waals surface area contributed by atoms with E-state index in [4.69, 9.17) is 16.0 Å². The molecule has 0 bridgehead atoms. The van der Waals surface area contributed by atoms with Crippen molar-refractivity contribution in [3.8, 4) is 17.2 Å². The fraction of sp³-hybridized carbons (Fsp3) is 0.0476. The van der Waals surface area contributed by atoms with E-state index in [9.17, 15) is 9.90 Å². The Morgan fingerprint density at radius 1 is 1.14 bits per heavy atom. The number of carbonyl (C=O) groups is 1. The van der Waals surface area contributed by atoms with Gasteiger partial charge in [0.15, 0.2) is 5.58 Å². The van der Waals surface area contributed by atoms with E-state index in [1.54, 1.807) is 54.6 Å². The van der Waals surface area contributed by atoms with Gasteiger partial charge in [-0.3, -0.25) is 4.79 Å². The molecule has 0 radical (unpaired) electrons. The van der Waals surface area contributed by atoms with Crippen LogP contribution in [0.15, 0.2) is 63.5 Å². The summed E-state index contributed by atoms with van der Waals surface area (Å²) in [6, 6.07) is 15.4. The van der Waals surface area contributed by atoms with E-state index in [2.05, 4.69) is 26.2 Å². The third-order valence-electron chi connectivity index (χ3n) is 4.27. The number of phenolic OH excluding ortho intramolecular Hbond substituents is 1. The molecule has 0 saturated heterocycles. The quantitative estimate of drug-likeness (QED) is 0.385. The van der Waals surface area contributed by atoms with Gasteiger partial charge in [-0.15, -0.1) is 0 Å². The van der Waals surface area contributed by atoms with Crippen LogP contribution in [0.1, 0.15) is 15.9 Å². The van der Waals surface area contributed by atoms with Crippen molar-refractivity contribution in [2.75, 3.05) is 5.32 Å². The molecule has 140 valence electrons. The van der Waals surface area contributed by atoms with Crippen LogP contribution in [0.4, 0.5) is 5.69 Å². The fourth-order valence-corrected chi connectivity index (χ4v) is 3.27. The second kappa shape index (κ2) is 7.30. The Labute approximate surface area is 174 Å². The zero-order valence-electron chi connectivity index (χ0n) is 14.7. The van der Waals surface area contributed by atoms with Crippen LogP contribution < -0.4 is 5.32 Å². The highest BCUT2D eigenvalue weighted by Crippen LogP contribution is 2.31. The molecule has 0 aliphatic heterocycles. The number of hydrogen-bond donors (Lipinski definition) is 2. The number of anilines is 1. The van der Waals surface area contributed by atoms with Gasteiger partial charge in [0.05, 0.1) is 4.47 Å². The normalized spacial score (nSPS) is 11.0. The number of hydrogen-bond acceptors (Lipinski definition) is 4. The maximum absolute atomic E-state index is 12.5. The summed E-state index contributed by atoms with van der Waals surface area (Å²) in [5, 5.41) is 13.0. The summed E-state index contributed by atoms with van der Waals surface area (Å²) >= 11 is 9.38. The van der Waals surface area contributed by atoms with Crippen molar-refractivity contribution in [3.63, 3.8) is 0 Å². The minimum Gasteiger partial charge on any atom is -0.507 e. The Hall–Kier alpha value is -2.83. The molecule has 2 N–H and O–H groups in total. The number of halogens is 2. The molecular weight excluding hydrogens is 444 g/mol. The van der Waals surface area contributed by atoms with Gasteiger partial charge in [0.25, 0.3) is 5.91 Å². The molecule has 7 heteroatoms. The molecular formula is C21H14BrClN2O3. The summed E-state index contributed by atoms with van der Waals surface area (Å²) in [7, 11) is 0. The van der Waals surface area contributed by atoms with E-state index < -0.39 is 0 Å². The third kappa shape index (κ3) is 3.61. The molecule has 4 rings (SSSR count). The number of amides is 1. The maximum atomic E-state index is 12.5. The van der Waals surface area contributed by atoms with E-state index in [0.29, 0.717) is 37.7 Å². The molecule has 5 nitrogen and oxygen atoms in total. The number of rotatable bonds is 3. The van der Waals surface area contributed by atoms with Crippen LogP contribution in [-0.2, 0) is 0 Å². The van der Waals surface area contributed by atoms with Crippen LogP contribution in [-0.4, -0.2) is 16.0 Å². The number of nitrogens with zero attached hydrogens (tertiary/aromatic N) is 1. The Bertz CT molecular complexity index is 1220. The summed E-state index contributed by atoms with van der Waals surface area (Å²) in [6.07, 6.45) is 0. The zero-order chi connectivity index (χ0) is 19.8. The first-order valence-electron chi connectivity index (χ1n) is 8.38. The van der Waals surface area contributed by atoms with Gasteiger partial charge < -0.3 is 14.8 Å². The van der Waals surface area contributed by atoms with Crippen molar-refractivity contribution in [1.82, 2.24) is 4.98 Å². The predicted molar refractivity (Wildman–Crippen MR) is 113 cm³/mol. The van der Waals surface area contributed by atoms with Gasteiger partial charge in [0, 0.05) is 21.8 Å². The number of nitrogens with one attached hydrogen (secondary N) is 1. The number of carbonyl (C=O) groups excluding carboxylic acids is 1. The molecule has 3 aromatic carbocycles. The fourth-order valence-electron chi connectivity index (χ4n) is 2.71. The van der Waals surface area contributed by atoms with Crippen LogP contribution in [0.5, 0.6) is 5.75 Å².